The minimum atomic E-state index is -4.05. The van der Waals surface area contributed by atoms with Crippen molar-refractivity contribution in [1.82, 2.24) is 4.98 Å². The molecular formula is C34H24Cl2F2N4O6S2. The third kappa shape index (κ3) is 5.71. The highest BCUT2D eigenvalue weighted by Gasteiger charge is 2.34. The third-order valence-corrected chi connectivity index (χ3v) is 12.8. The van der Waals surface area contributed by atoms with Crippen molar-refractivity contribution in [1.29, 1.82) is 0 Å². The number of pyridine rings is 2. The van der Waals surface area contributed by atoms with E-state index in [0.717, 1.165) is 29.7 Å². The van der Waals surface area contributed by atoms with Gasteiger partial charge in [-0.25, -0.2) is 21.2 Å². The largest absolute Gasteiger partial charge is 0.619 e. The normalized spacial score (nSPS) is 14.1. The number of aromatic amines is 1. The van der Waals surface area contributed by atoms with Gasteiger partial charge in [-0.1, -0.05) is 47.5 Å². The van der Waals surface area contributed by atoms with Crippen LogP contribution >= 0.6 is 23.2 Å². The fraction of sp³-hybridized carbons (Fsp3) is 0.118. The minimum Gasteiger partial charge on any atom is -0.619 e. The molecule has 1 N–H and O–H groups in total. The summed E-state index contributed by atoms with van der Waals surface area (Å²) in [5, 5.41) is 12.2. The van der Waals surface area contributed by atoms with Crippen molar-refractivity contribution in [3.8, 4) is 0 Å². The van der Waals surface area contributed by atoms with Crippen molar-refractivity contribution in [2.24, 2.45) is 0 Å². The number of halogens is 4. The van der Waals surface area contributed by atoms with Crippen LogP contribution in [0, 0.1) is 16.8 Å². The zero-order valence-corrected chi connectivity index (χ0v) is 28.8. The second kappa shape index (κ2) is 12.5. The number of fused-ring (bicyclic) bond motifs is 4. The van der Waals surface area contributed by atoms with Crippen LogP contribution in [0.3, 0.4) is 0 Å². The lowest BCUT2D eigenvalue weighted by Gasteiger charge is -2.20. The summed E-state index contributed by atoms with van der Waals surface area (Å²) >= 11 is 12.0. The Morgan fingerprint density at radius 2 is 1.26 bits per heavy atom. The van der Waals surface area contributed by atoms with Gasteiger partial charge in [0.15, 0.2) is 12.0 Å². The predicted molar refractivity (Wildman–Crippen MR) is 187 cm³/mol. The summed E-state index contributed by atoms with van der Waals surface area (Å²) in [6.07, 6.45) is 3.83. The molecule has 0 aliphatic carbocycles. The van der Waals surface area contributed by atoms with Crippen LogP contribution < -0.4 is 18.9 Å². The summed E-state index contributed by atoms with van der Waals surface area (Å²) < 4.78 is 84.2. The molecule has 50 heavy (non-hydrogen) atoms. The van der Waals surface area contributed by atoms with E-state index in [2.05, 4.69) is 4.98 Å². The number of sulfonamides is 2. The van der Waals surface area contributed by atoms with E-state index in [-0.39, 0.29) is 44.4 Å². The fourth-order valence-electron chi connectivity index (χ4n) is 6.32. The van der Waals surface area contributed by atoms with E-state index >= 15 is 0 Å². The van der Waals surface area contributed by atoms with Crippen LogP contribution in [0.4, 0.5) is 20.2 Å². The molecule has 6 aromatic rings. The molecule has 0 spiro atoms. The monoisotopic (exact) mass is 756 g/mol. The van der Waals surface area contributed by atoms with Crippen molar-refractivity contribution in [3.05, 3.63) is 140 Å². The van der Waals surface area contributed by atoms with Crippen LogP contribution in [-0.4, -0.2) is 34.9 Å². The highest BCUT2D eigenvalue weighted by atomic mass is 35.5. The maximum atomic E-state index is 14.4. The van der Waals surface area contributed by atoms with Crippen molar-refractivity contribution < 1.29 is 30.3 Å². The molecule has 0 radical (unpaired) electrons. The number of nitrogens with one attached hydrogen (secondary N) is 1. The van der Waals surface area contributed by atoms with Gasteiger partial charge < -0.3 is 10.2 Å². The standard InChI is InChI=1S/2C17H12ClFN2O3S/c18-13-5-4-11-6-7-21(15(11)8-13)25(23,24)16-3-1-2-12-9-20(22)10-14(19)17(12)16;18-11-5-4-10-6-7-21(14(10)8-11)25(23,24)15-3-1-2-12-16(15)13(19)9-20-17(12)22/h1-5,8-10H,6-7H2;1-5,8-9H,6-7H2,(H,20,22). The van der Waals surface area contributed by atoms with Gasteiger partial charge in [-0.3, -0.25) is 13.4 Å². The van der Waals surface area contributed by atoms with Crippen LogP contribution in [0.1, 0.15) is 11.1 Å². The van der Waals surface area contributed by atoms with Crippen molar-refractivity contribution in [2.75, 3.05) is 21.7 Å². The first-order valence-corrected chi connectivity index (χ1v) is 18.6. The van der Waals surface area contributed by atoms with E-state index in [1.54, 1.807) is 36.4 Å². The first kappa shape index (κ1) is 33.7. The van der Waals surface area contributed by atoms with Crippen LogP contribution in [0.15, 0.2) is 106 Å². The van der Waals surface area contributed by atoms with Gasteiger partial charge in [0.25, 0.3) is 25.6 Å². The Kier molecular flexibility index (Phi) is 8.45. The second-order valence-electron chi connectivity index (χ2n) is 11.5. The number of benzene rings is 4. The lowest BCUT2D eigenvalue weighted by molar-refractivity contribution is -0.605. The molecule has 2 aromatic heterocycles. The van der Waals surface area contributed by atoms with E-state index in [4.69, 9.17) is 23.2 Å². The molecule has 4 aromatic carbocycles. The van der Waals surface area contributed by atoms with Crippen molar-refractivity contribution in [3.63, 3.8) is 0 Å². The number of hydrogen-bond donors (Lipinski definition) is 1. The molecule has 16 heteroatoms. The summed E-state index contributed by atoms with van der Waals surface area (Å²) in [5.41, 5.74) is 2.16. The van der Waals surface area contributed by atoms with Crippen molar-refractivity contribution >= 4 is 76.2 Å². The summed E-state index contributed by atoms with van der Waals surface area (Å²) in [5.74, 6) is -1.67. The molecule has 2 aliphatic heterocycles. The van der Waals surface area contributed by atoms with E-state index in [1.807, 2.05) is 0 Å². The van der Waals surface area contributed by atoms with Crippen LogP contribution in [0.5, 0.6) is 0 Å². The number of rotatable bonds is 4. The number of aromatic nitrogens is 2. The maximum absolute atomic E-state index is 14.4. The second-order valence-corrected chi connectivity index (χ2v) is 16.1. The van der Waals surface area contributed by atoms with E-state index in [1.165, 1.54) is 45.0 Å². The molecular weight excluding hydrogens is 733 g/mol. The van der Waals surface area contributed by atoms with Gasteiger partial charge in [0, 0.05) is 34.7 Å². The summed E-state index contributed by atoms with van der Waals surface area (Å²) in [6, 6.07) is 18.6. The Labute approximate surface area is 294 Å². The zero-order valence-electron chi connectivity index (χ0n) is 25.6. The van der Waals surface area contributed by atoms with Gasteiger partial charge in [-0.15, -0.1) is 0 Å². The van der Waals surface area contributed by atoms with E-state index in [9.17, 15) is 35.6 Å². The Morgan fingerprint density at radius 1 is 0.720 bits per heavy atom. The van der Waals surface area contributed by atoms with Gasteiger partial charge in [-0.2, -0.15) is 9.12 Å². The van der Waals surface area contributed by atoms with E-state index in [0.29, 0.717) is 39.0 Å². The number of hydrogen-bond acceptors (Lipinski definition) is 6. The quantitative estimate of drug-likeness (QED) is 0.171. The summed E-state index contributed by atoms with van der Waals surface area (Å²) in [4.78, 5) is 13.8. The molecule has 8 rings (SSSR count). The maximum Gasteiger partial charge on any atom is 0.265 e. The zero-order chi connectivity index (χ0) is 35.5. The predicted octanol–water partition coefficient (Wildman–Crippen LogP) is 6.09. The van der Waals surface area contributed by atoms with Gasteiger partial charge in [0.05, 0.1) is 37.3 Å². The number of anilines is 2. The Hall–Kier alpha value is -4.76. The Balaban J connectivity index is 0.000000157. The van der Waals surface area contributed by atoms with E-state index < -0.39 is 37.2 Å². The Morgan fingerprint density at radius 3 is 1.84 bits per heavy atom. The van der Waals surface area contributed by atoms with Gasteiger partial charge in [-0.05, 0) is 72.5 Å². The molecule has 2 aliphatic rings. The molecule has 0 atom stereocenters. The molecule has 0 fully saturated rings. The molecule has 0 saturated carbocycles. The summed E-state index contributed by atoms with van der Waals surface area (Å²) in [7, 11) is -8.06. The average molecular weight is 758 g/mol. The van der Waals surface area contributed by atoms with Gasteiger partial charge in [0.2, 0.25) is 6.20 Å². The minimum absolute atomic E-state index is 0.00779. The Bertz CT molecular complexity index is 2660. The smallest absolute Gasteiger partial charge is 0.265 e. The number of nitrogens with zero attached hydrogens (tertiary/aromatic N) is 3. The lowest BCUT2D eigenvalue weighted by Crippen LogP contribution is -2.30. The highest BCUT2D eigenvalue weighted by Crippen LogP contribution is 2.38. The molecule has 10 nitrogen and oxygen atoms in total. The van der Waals surface area contributed by atoms with Crippen LogP contribution in [-0.2, 0) is 32.9 Å². The SMILES string of the molecule is O=S(=O)(c1cccc2c[n+]([O-])cc(F)c12)N1CCc2ccc(Cl)cc21.O=c1[nH]cc(F)c2c(S(=O)(=O)N3CCc4ccc(Cl)cc43)cccc12. The van der Waals surface area contributed by atoms with Crippen molar-refractivity contribution in [2.45, 2.75) is 22.6 Å². The topological polar surface area (TPSA) is 135 Å². The molecule has 256 valence electrons. The molecule has 0 amide bonds. The molecule has 0 unspecified atom stereocenters. The average Bonchev–Trinajstić information content (AvgIpc) is 3.71. The molecule has 4 heterocycles. The summed E-state index contributed by atoms with van der Waals surface area (Å²) in [6.45, 7) is 0.490. The molecule has 0 saturated heterocycles. The number of H-pyrrole nitrogens is 1. The van der Waals surface area contributed by atoms with Crippen LogP contribution in [0.2, 0.25) is 10.0 Å². The van der Waals surface area contributed by atoms with Gasteiger partial charge in [0.1, 0.15) is 5.82 Å². The first-order valence-electron chi connectivity index (χ1n) is 15.0. The third-order valence-electron chi connectivity index (χ3n) is 8.58. The fourth-order valence-corrected chi connectivity index (χ4v) is 10.1. The van der Waals surface area contributed by atoms with Crippen LogP contribution in [0.25, 0.3) is 21.5 Å². The highest BCUT2D eigenvalue weighted by molar-refractivity contribution is 7.93. The first-order chi connectivity index (χ1) is 23.8. The molecule has 0 bridgehead atoms. The van der Waals surface area contributed by atoms with Gasteiger partial charge >= 0.3 is 0 Å². The lowest BCUT2D eigenvalue weighted by atomic mass is 10.2.